The van der Waals surface area contributed by atoms with Crippen molar-refractivity contribution in [3.63, 3.8) is 0 Å². The number of terminal acetylenes is 1. The third kappa shape index (κ3) is 4.94. The summed E-state index contributed by atoms with van der Waals surface area (Å²) in [6.45, 7) is 0.179. The molecule has 25 heavy (non-hydrogen) atoms. The fourth-order valence-corrected chi connectivity index (χ4v) is 4.18. The fraction of sp³-hybridized carbons (Fsp3) is 0.0556. The van der Waals surface area contributed by atoms with Crippen LogP contribution in [0.25, 0.3) is 11.6 Å². The van der Waals surface area contributed by atoms with Crippen molar-refractivity contribution in [2.45, 2.75) is 0 Å². The molecule has 0 saturated heterocycles. The van der Waals surface area contributed by atoms with Gasteiger partial charge < -0.3 is 4.74 Å². The molecule has 0 bridgehead atoms. The van der Waals surface area contributed by atoms with Gasteiger partial charge in [-0.05, 0) is 74.5 Å². The van der Waals surface area contributed by atoms with Gasteiger partial charge in [0.2, 0.25) is 0 Å². The number of hydrogen-bond donors (Lipinski definition) is 0. The fourth-order valence-electron chi connectivity index (χ4n) is 2.05. The number of nitrogens with zero attached hydrogens (tertiary/aromatic N) is 2. The second-order valence-corrected chi connectivity index (χ2v) is 7.11. The van der Waals surface area contributed by atoms with Crippen LogP contribution >= 0.6 is 45.2 Å². The molecule has 0 spiro atoms. The van der Waals surface area contributed by atoms with Crippen molar-refractivity contribution in [1.82, 2.24) is 0 Å². The highest BCUT2D eigenvalue weighted by Crippen LogP contribution is 2.31. The standard InChI is InChI=1S/C18H10I2N2O3/c1-2-6-25-18-16(19)8-12(9-17(18)20)7-14(11-21)13-4-3-5-15(10-13)22(23)24/h1,3-5,7-10H,6H2/b14-7-. The summed E-state index contributed by atoms with van der Waals surface area (Å²) >= 11 is 4.28. The van der Waals surface area contributed by atoms with Crippen LogP contribution in [0.15, 0.2) is 36.4 Å². The van der Waals surface area contributed by atoms with Gasteiger partial charge in [0.05, 0.1) is 23.7 Å². The van der Waals surface area contributed by atoms with Crippen molar-refractivity contribution >= 4 is 62.5 Å². The number of benzene rings is 2. The summed E-state index contributed by atoms with van der Waals surface area (Å²) in [6.07, 6.45) is 6.90. The molecule has 0 amide bonds. The van der Waals surface area contributed by atoms with Crippen molar-refractivity contribution in [3.05, 3.63) is 64.8 Å². The Kier molecular flexibility index (Phi) is 6.79. The lowest BCUT2D eigenvalue weighted by Gasteiger charge is -2.09. The molecule has 2 aromatic carbocycles. The SMILES string of the molecule is C#CCOc1c(I)cc(/C=C(/C#N)c2cccc([N+](=O)[O-])c2)cc1I. The van der Waals surface area contributed by atoms with Crippen LogP contribution in [-0.2, 0) is 0 Å². The van der Waals surface area contributed by atoms with Crippen molar-refractivity contribution in [3.8, 4) is 24.2 Å². The maximum Gasteiger partial charge on any atom is 0.270 e. The van der Waals surface area contributed by atoms with Gasteiger partial charge in [-0.1, -0.05) is 18.1 Å². The minimum atomic E-state index is -0.484. The maximum atomic E-state index is 10.9. The topological polar surface area (TPSA) is 76.2 Å². The monoisotopic (exact) mass is 556 g/mol. The highest BCUT2D eigenvalue weighted by atomic mass is 127. The molecule has 0 N–H and O–H groups in total. The number of nitro groups is 1. The zero-order valence-corrected chi connectivity index (χ0v) is 17.0. The lowest BCUT2D eigenvalue weighted by atomic mass is 10.0. The normalized spacial score (nSPS) is 10.6. The average Bonchev–Trinajstić information content (AvgIpc) is 2.59. The van der Waals surface area contributed by atoms with Gasteiger partial charge in [0.25, 0.3) is 5.69 Å². The minimum Gasteiger partial charge on any atom is -0.479 e. The molecule has 0 atom stereocenters. The molecule has 0 aromatic heterocycles. The molecule has 2 rings (SSSR count). The number of hydrogen-bond acceptors (Lipinski definition) is 4. The number of nitro benzene ring substituents is 1. The van der Waals surface area contributed by atoms with E-state index < -0.39 is 4.92 Å². The first-order chi connectivity index (χ1) is 12.0. The summed E-state index contributed by atoms with van der Waals surface area (Å²) in [4.78, 5) is 10.4. The van der Waals surface area contributed by atoms with Crippen molar-refractivity contribution in [1.29, 1.82) is 5.26 Å². The van der Waals surface area contributed by atoms with Crippen LogP contribution in [0.4, 0.5) is 5.69 Å². The molecule has 0 heterocycles. The van der Waals surface area contributed by atoms with E-state index in [1.807, 2.05) is 12.1 Å². The Labute approximate surface area is 172 Å². The Morgan fingerprint density at radius 2 is 2.00 bits per heavy atom. The molecule has 0 saturated carbocycles. The quantitative estimate of drug-likeness (QED) is 0.132. The summed E-state index contributed by atoms with van der Waals surface area (Å²) in [6, 6.07) is 11.8. The molecule has 0 aliphatic rings. The van der Waals surface area contributed by atoms with Crippen molar-refractivity contribution in [2.24, 2.45) is 0 Å². The van der Waals surface area contributed by atoms with Crippen molar-refractivity contribution < 1.29 is 9.66 Å². The van der Waals surface area contributed by atoms with E-state index in [1.165, 1.54) is 12.1 Å². The van der Waals surface area contributed by atoms with E-state index in [4.69, 9.17) is 11.2 Å². The third-order valence-corrected chi connectivity index (χ3v) is 4.72. The zero-order chi connectivity index (χ0) is 18.4. The van der Waals surface area contributed by atoms with Gasteiger partial charge in [-0.3, -0.25) is 10.1 Å². The molecular formula is C18H10I2N2O3. The Morgan fingerprint density at radius 1 is 1.32 bits per heavy atom. The Morgan fingerprint density at radius 3 is 2.56 bits per heavy atom. The van der Waals surface area contributed by atoms with Gasteiger partial charge in [0.1, 0.15) is 12.4 Å². The number of halogens is 2. The smallest absolute Gasteiger partial charge is 0.270 e. The van der Waals surface area contributed by atoms with Crippen LogP contribution < -0.4 is 4.74 Å². The van der Waals surface area contributed by atoms with Crippen LogP contribution in [0.3, 0.4) is 0 Å². The van der Waals surface area contributed by atoms with Gasteiger partial charge in [0, 0.05) is 12.1 Å². The van der Waals surface area contributed by atoms with E-state index in [-0.39, 0.29) is 12.3 Å². The molecule has 124 valence electrons. The Hall–Kier alpha value is -2.11. The predicted octanol–water partition coefficient (Wildman–Crippen LogP) is 4.88. The number of ether oxygens (including phenoxy) is 1. The van der Waals surface area contributed by atoms with E-state index in [9.17, 15) is 15.4 Å². The van der Waals surface area contributed by atoms with Gasteiger partial charge in [-0.15, -0.1) is 6.42 Å². The highest BCUT2D eigenvalue weighted by molar-refractivity contribution is 14.1. The molecule has 7 heteroatoms. The molecule has 0 radical (unpaired) electrons. The zero-order valence-electron chi connectivity index (χ0n) is 12.7. The summed E-state index contributed by atoms with van der Waals surface area (Å²) < 4.78 is 7.24. The summed E-state index contributed by atoms with van der Waals surface area (Å²) in [5, 5.41) is 20.3. The van der Waals surface area contributed by atoms with Crippen LogP contribution in [0, 0.1) is 40.9 Å². The van der Waals surface area contributed by atoms with Crippen LogP contribution in [0.5, 0.6) is 5.75 Å². The lowest BCUT2D eigenvalue weighted by Crippen LogP contribution is -1.98. The van der Waals surface area contributed by atoms with E-state index in [1.54, 1.807) is 18.2 Å². The lowest BCUT2D eigenvalue weighted by molar-refractivity contribution is -0.384. The van der Waals surface area contributed by atoms with Gasteiger partial charge in [-0.25, -0.2) is 0 Å². The summed E-state index contributed by atoms with van der Waals surface area (Å²) in [5.41, 5.74) is 1.58. The molecule has 0 fully saturated rings. The van der Waals surface area contributed by atoms with Crippen LogP contribution in [0.2, 0.25) is 0 Å². The van der Waals surface area contributed by atoms with Crippen LogP contribution in [0.1, 0.15) is 11.1 Å². The van der Waals surface area contributed by atoms with Gasteiger partial charge in [-0.2, -0.15) is 5.26 Å². The minimum absolute atomic E-state index is 0.0548. The van der Waals surface area contributed by atoms with Gasteiger partial charge >= 0.3 is 0 Å². The molecule has 5 nitrogen and oxygen atoms in total. The second-order valence-electron chi connectivity index (χ2n) is 4.78. The average molecular weight is 556 g/mol. The molecular weight excluding hydrogens is 546 g/mol. The summed E-state index contributed by atoms with van der Waals surface area (Å²) in [7, 11) is 0. The Balaban J connectivity index is 2.44. The maximum absolute atomic E-state index is 10.9. The van der Waals surface area contributed by atoms with E-state index in [0.29, 0.717) is 16.9 Å². The number of rotatable bonds is 5. The molecule has 0 aliphatic heterocycles. The first-order valence-corrected chi connectivity index (χ1v) is 9.04. The van der Waals surface area contributed by atoms with Crippen LogP contribution in [-0.4, -0.2) is 11.5 Å². The summed E-state index contributed by atoms with van der Waals surface area (Å²) in [5.74, 6) is 3.12. The number of nitriles is 1. The van der Waals surface area contributed by atoms with E-state index >= 15 is 0 Å². The van der Waals surface area contributed by atoms with E-state index in [0.717, 1.165) is 12.7 Å². The second kappa shape index (κ2) is 8.83. The highest BCUT2D eigenvalue weighted by Gasteiger charge is 2.11. The first-order valence-electron chi connectivity index (χ1n) is 6.88. The third-order valence-electron chi connectivity index (χ3n) is 3.12. The molecule has 0 aliphatic carbocycles. The van der Waals surface area contributed by atoms with Gasteiger partial charge in [0.15, 0.2) is 0 Å². The predicted molar refractivity (Wildman–Crippen MR) is 113 cm³/mol. The number of allylic oxidation sites excluding steroid dienone is 1. The van der Waals surface area contributed by atoms with E-state index in [2.05, 4.69) is 57.2 Å². The largest absolute Gasteiger partial charge is 0.479 e. The first kappa shape index (κ1) is 19.2. The van der Waals surface area contributed by atoms with Crippen molar-refractivity contribution in [2.75, 3.05) is 6.61 Å². The molecule has 2 aromatic rings. The Bertz CT molecular complexity index is 917. The number of non-ortho nitro benzene ring substituents is 1. The molecule has 0 unspecified atom stereocenters.